The third kappa shape index (κ3) is 3.38. The molecule has 4 nitrogen and oxygen atoms in total. The van der Waals surface area contributed by atoms with Gasteiger partial charge in [0.15, 0.2) is 0 Å². The van der Waals surface area contributed by atoms with Crippen LogP contribution in [0.15, 0.2) is 12.3 Å². The largest absolute Gasteiger partial charge is 0.478 e. The van der Waals surface area contributed by atoms with Crippen LogP contribution in [-0.2, 0) is 4.79 Å². The molecule has 0 aromatic heterocycles. The van der Waals surface area contributed by atoms with Crippen LogP contribution < -0.4 is 0 Å². The summed E-state index contributed by atoms with van der Waals surface area (Å²) in [7, 11) is 0. The van der Waals surface area contributed by atoms with Crippen LogP contribution in [0, 0.1) is 5.92 Å². The first-order valence-corrected chi connectivity index (χ1v) is 4.93. The summed E-state index contributed by atoms with van der Waals surface area (Å²) in [5.74, 6) is -0.549. The molecule has 1 atom stereocenters. The molecule has 80 valence electrons. The summed E-state index contributed by atoms with van der Waals surface area (Å²) in [6.45, 7) is 3.48. The molecule has 1 aliphatic heterocycles. The summed E-state index contributed by atoms with van der Waals surface area (Å²) in [5.41, 5.74) is 0. The molecule has 1 aliphatic rings. The van der Waals surface area contributed by atoms with Crippen molar-refractivity contribution in [2.45, 2.75) is 25.9 Å². The molecule has 0 bridgehead atoms. The SMILES string of the molecule is CC(O)C1CCN(/C=C/C(=O)O)CC1. The maximum atomic E-state index is 10.3. The topological polar surface area (TPSA) is 60.8 Å². The fraction of sp³-hybridized carbons (Fsp3) is 0.700. The van der Waals surface area contributed by atoms with Gasteiger partial charge in [-0.1, -0.05) is 0 Å². The number of rotatable bonds is 3. The molecule has 0 aliphatic carbocycles. The molecule has 2 N–H and O–H groups in total. The number of carbonyl (C=O) groups is 1. The third-order valence-electron chi connectivity index (χ3n) is 2.68. The number of carboxylic acid groups (broad SMARTS) is 1. The number of hydrogen-bond donors (Lipinski definition) is 2. The second kappa shape index (κ2) is 5.00. The minimum atomic E-state index is -0.914. The van der Waals surface area contributed by atoms with Gasteiger partial charge in [0.25, 0.3) is 0 Å². The highest BCUT2D eigenvalue weighted by Gasteiger charge is 2.20. The number of nitrogens with zero attached hydrogens (tertiary/aromatic N) is 1. The van der Waals surface area contributed by atoms with Crippen molar-refractivity contribution in [1.82, 2.24) is 4.90 Å². The van der Waals surface area contributed by atoms with Gasteiger partial charge in [0.05, 0.1) is 6.10 Å². The van der Waals surface area contributed by atoms with Crippen molar-refractivity contribution < 1.29 is 15.0 Å². The lowest BCUT2D eigenvalue weighted by Crippen LogP contribution is -2.33. The highest BCUT2D eigenvalue weighted by molar-refractivity contribution is 5.79. The van der Waals surface area contributed by atoms with Gasteiger partial charge in [0.2, 0.25) is 0 Å². The maximum absolute atomic E-state index is 10.3. The first-order chi connectivity index (χ1) is 6.59. The first kappa shape index (κ1) is 11.0. The Balaban J connectivity index is 2.32. The molecule has 0 amide bonds. The second-order valence-corrected chi connectivity index (χ2v) is 3.77. The second-order valence-electron chi connectivity index (χ2n) is 3.77. The molecule has 14 heavy (non-hydrogen) atoms. The first-order valence-electron chi connectivity index (χ1n) is 4.93. The Hall–Kier alpha value is -1.03. The van der Waals surface area contributed by atoms with E-state index in [1.54, 1.807) is 6.20 Å². The van der Waals surface area contributed by atoms with Crippen molar-refractivity contribution >= 4 is 5.97 Å². The Labute approximate surface area is 83.8 Å². The number of carboxylic acids is 1. The molecular weight excluding hydrogens is 182 g/mol. The molecule has 4 heteroatoms. The van der Waals surface area contributed by atoms with Crippen molar-refractivity contribution in [2.24, 2.45) is 5.92 Å². The average Bonchev–Trinajstić information content (AvgIpc) is 2.15. The van der Waals surface area contributed by atoms with Gasteiger partial charge < -0.3 is 15.1 Å². The molecule has 0 aromatic carbocycles. The minimum absolute atomic E-state index is 0.249. The summed E-state index contributed by atoms with van der Waals surface area (Å²) in [5, 5.41) is 17.8. The van der Waals surface area contributed by atoms with Crippen LogP contribution in [0.5, 0.6) is 0 Å². The van der Waals surface area contributed by atoms with Crippen LogP contribution in [0.25, 0.3) is 0 Å². The van der Waals surface area contributed by atoms with E-state index in [0.717, 1.165) is 32.0 Å². The van der Waals surface area contributed by atoms with Crippen molar-refractivity contribution in [1.29, 1.82) is 0 Å². The molecular formula is C10H17NO3. The normalized spacial score (nSPS) is 21.4. The van der Waals surface area contributed by atoms with Crippen molar-refractivity contribution in [3.8, 4) is 0 Å². The van der Waals surface area contributed by atoms with Gasteiger partial charge in [0.1, 0.15) is 0 Å². The molecule has 0 aromatic rings. The van der Waals surface area contributed by atoms with Crippen LogP contribution >= 0.6 is 0 Å². The smallest absolute Gasteiger partial charge is 0.329 e. The lowest BCUT2D eigenvalue weighted by molar-refractivity contribution is -0.131. The molecule has 1 fully saturated rings. The quantitative estimate of drug-likeness (QED) is 0.656. The molecule has 0 spiro atoms. The summed E-state index contributed by atoms with van der Waals surface area (Å²) in [6, 6.07) is 0. The van der Waals surface area contributed by atoms with E-state index in [9.17, 15) is 9.90 Å². The van der Waals surface area contributed by atoms with Gasteiger partial charge in [-0.15, -0.1) is 0 Å². The van der Waals surface area contributed by atoms with Crippen molar-refractivity contribution in [3.05, 3.63) is 12.3 Å². The van der Waals surface area contributed by atoms with Gasteiger partial charge in [0, 0.05) is 25.4 Å². The molecule has 1 heterocycles. The Kier molecular flexibility index (Phi) is 3.95. The number of piperidine rings is 1. The van der Waals surface area contributed by atoms with Gasteiger partial charge in [-0.2, -0.15) is 0 Å². The van der Waals surface area contributed by atoms with Crippen LogP contribution in [0.2, 0.25) is 0 Å². The Morgan fingerprint density at radius 1 is 1.50 bits per heavy atom. The van der Waals surface area contributed by atoms with E-state index in [-0.39, 0.29) is 6.10 Å². The predicted molar refractivity (Wildman–Crippen MR) is 52.8 cm³/mol. The summed E-state index contributed by atoms with van der Waals surface area (Å²) < 4.78 is 0. The van der Waals surface area contributed by atoms with Crippen LogP contribution in [0.3, 0.4) is 0 Å². The van der Waals surface area contributed by atoms with Crippen LogP contribution in [0.4, 0.5) is 0 Å². The standard InChI is InChI=1S/C10H17NO3/c1-8(12)9-2-5-11(6-3-9)7-4-10(13)14/h4,7-9,12H,2-3,5-6H2,1H3,(H,13,14)/b7-4+. The lowest BCUT2D eigenvalue weighted by Gasteiger charge is -2.32. The monoisotopic (exact) mass is 199 g/mol. The predicted octanol–water partition coefficient (Wildman–Crippen LogP) is 0.677. The van der Waals surface area contributed by atoms with Gasteiger partial charge in [-0.3, -0.25) is 0 Å². The zero-order chi connectivity index (χ0) is 10.6. The van der Waals surface area contributed by atoms with E-state index in [1.807, 2.05) is 11.8 Å². The van der Waals surface area contributed by atoms with E-state index >= 15 is 0 Å². The van der Waals surface area contributed by atoms with E-state index in [0.29, 0.717) is 5.92 Å². The summed E-state index contributed by atoms with van der Waals surface area (Å²) in [6.07, 6.45) is 4.38. The average molecular weight is 199 g/mol. The number of aliphatic carboxylic acids is 1. The Morgan fingerprint density at radius 2 is 2.07 bits per heavy atom. The Morgan fingerprint density at radius 3 is 2.50 bits per heavy atom. The van der Waals surface area contributed by atoms with Crippen LogP contribution in [-0.4, -0.2) is 40.3 Å². The van der Waals surface area contributed by atoms with Crippen molar-refractivity contribution in [2.75, 3.05) is 13.1 Å². The summed E-state index contributed by atoms with van der Waals surface area (Å²) in [4.78, 5) is 12.2. The number of likely N-dealkylation sites (tertiary alicyclic amines) is 1. The fourth-order valence-corrected chi connectivity index (χ4v) is 1.72. The Bertz CT molecular complexity index is 217. The van der Waals surface area contributed by atoms with E-state index in [1.165, 1.54) is 0 Å². The number of hydrogen-bond acceptors (Lipinski definition) is 3. The highest BCUT2D eigenvalue weighted by atomic mass is 16.4. The summed E-state index contributed by atoms with van der Waals surface area (Å²) >= 11 is 0. The third-order valence-corrected chi connectivity index (χ3v) is 2.68. The van der Waals surface area contributed by atoms with E-state index < -0.39 is 5.97 Å². The van der Waals surface area contributed by atoms with E-state index in [4.69, 9.17) is 5.11 Å². The molecule has 1 rings (SSSR count). The zero-order valence-corrected chi connectivity index (χ0v) is 8.39. The maximum Gasteiger partial charge on any atom is 0.329 e. The van der Waals surface area contributed by atoms with Crippen LogP contribution in [0.1, 0.15) is 19.8 Å². The molecule has 0 radical (unpaired) electrons. The van der Waals surface area contributed by atoms with E-state index in [2.05, 4.69) is 0 Å². The number of aliphatic hydroxyl groups excluding tert-OH is 1. The minimum Gasteiger partial charge on any atom is -0.478 e. The highest BCUT2D eigenvalue weighted by Crippen LogP contribution is 2.20. The lowest BCUT2D eigenvalue weighted by atomic mass is 9.92. The number of aliphatic hydroxyl groups is 1. The fourth-order valence-electron chi connectivity index (χ4n) is 1.72. The van der Waals surface area contributed by atoms with Gasteiger partial charge in [-0.05, 0) is 25.7 Å². The zero-order valence-electron chi connectivity index (χ0n) is 8.39. The van der Waals surface area contributed by atoms with Crippen molar-refractivity contribution in [3.63, 3.8) is 0 Å². The van der Waals surface area contributed by atoms with Gasteiger partial charge >= 0.3 is 5.97 Å². The molecule has 1 unspecified atom stereocenters. The molecule has 0 saturated carbocycles. The van der Waals surface area contributed by atoms with Gasteiger partial charge in [-0.25, -0.2) is 4.79 Å². The molecule has 1 saturated heterocycles.